The highest BCUT2D eigenvalue weighted by atomic mass is 16.5. The first-order valence-corrected chi connectivity index (χ1v) is 8.60. The highest BCUT2D eigenvalue weighted by Crippen LogP contribution is 2.16. The highest BCUT2D eigenvalue weighted by Gasteiger charge is 2.15. The van der Waals surface area contributed by atoms with Crippen LogP contribution in [0.5, 0.6) is 5.75 Å². The first-order valence-electron chi connectivity index (χ1n) is 8.60. The molecule has 0 aromatic heterocycles. The Labute approximate surface area is 154 Å². The van der Waals surface area contributed by atoms with Crippen LogP contribution in [0.4, 0.5) is 5.69 Å². The maximum absolute atomic E-state index is 12.4. The molecule has 5 heteroatoms. The van der Waals surface area contributed by atoms with Crippen LogP contribution in [0.1, 0.15) is 25.8 Å². The molecule has 0 saturated carbocycles. The van der Waals surface area contributed by atoms with Gasteiger partial charge in [0.1, 0.15) is 11.8 Å². The standard InChI is InChI=1S/C21H25N3O2/c1-4-20(22-18-12-14-19(26-3)15-13-18)21(25)24-23-16(2)10-11-17-8-6-5-7-9-17/h5-15,20,22H,4H2,1-3H3,(H,24,25)/b11-10+,23-16+. The van der Waals surface area contributed by atoms with E-state index < -0.39 is 0 Å². The van der Waals surface area contributed by atoms with Crippen molar-refractivity contribution in [1.29, 1.82) is 0 Å². The molecule has 0 bridgehead atoms. The molecule has 1 amide bonds. The van der Waals surface area contributed by atoms with Gasteiger partial charge in [0, 0.05) is 5.69 Å². The number of anilines is 1. The third kappa shape index (κ3) is 6.09. The van der Waals surface area contributed by atoms with Crippen LogP contribution in [0.3, 0.4) is 0 Å². The van der Waals surface area contributed by atoms with Gasteiger partial charge < -0.3 is 10.1 Å². The number of amides is 1. The van der Waals surface area contributed by atoms with Crippen LogP contribution in [0.2, 0.25) is 0 Å². The lowest BCUT2D eigenvalue weighted by atomic mass is 10.2. The van der Waals surface area contributed by atoms with Gasteiger partial charge in [0.2, 0.25) is 0 Å². The highest BCUT2D eigenvalue weighted by molar-refractivity contribution is 5.97. The van der Waals surface area contributed by atoms with Crippen LogP contribution in [0.25, 0.3) is 6.08 Å². The van der Waals surface area contributed by atoms with Gasteiger partial charge in [0.05, 0.1) is 12.8 Å². The quantitative estimate of drug-likeness (QED) is 0.556. The van der Waals surface area contributed by atoms with Crippen molar-refractivity contribution in [3.63, 3.8) is 0 Å². The molecule has 2 N–H and O–H groups in total. The summed E-state index contributed by atoms with van der Waals surface area (Å²) in [5, 5.41) is 7.35. The summed E-state index contributed by atoms with van der Waals surface area (Å²) in [5.41, 5.74) is 5.29. The summed E-state index contributed by atoms with van der Waals surface area (Å²) in [6.45, 7) is 3.80. The molecule has 2 aromatic rings. The third-order valence-electron chi connectivity index (χ3n) is 3.81. The minimum atomic E-state index is -0.363. The predicted molar refractivity (Wildman–Crippen MR) is 107 cm³/mol. The fourth-order valence-electron chi connectivity index (χ4n) is 2.28. The summed E-state index contributed by atoms with van der Waals surface area (Å²) in [7, 11) is 1.62. The molecule has 2 rings (SSSR count). The number of hydrogen-bond acceptors (Lipinski definition) is 4. The van der Waals surface area contributed by atoms with E-state index in [1.54, 1.807) is 7.11 Å². The van der Waals surface area contributed by atoms with E-state index in [4.69, 9.17) is 4.74 Å². The molecular formula is C21H25N3O2. The summed E-state index contributed by atoms with van der Waals surface area (Å²) in [5.74, 6) is 0.606. The van der Waals surface area contributed by atoms with E-state index >= 15 is 0 Å². The maximum atomic E-state index is 12.4. The molecule has 136 valence electrons. The number of benzene rings is 2. The van der Waals surface area contributed by atoms with Crippen LogP contribution in [0.15, 0.2) is 65.8 Å². The number of nitrogens with zero attached hydrogens (tertiary/aromatic N) is 1. The number of allylic oxidation sites excluding steroid dienone is 1. The van der Waals surface area contributed by atoms with Gasteiger partial charge in [0.25, 0.3) is 5.91 Å². The SMILES string of the molecule is CCC(Nc1ccc(OC)cc1)C(=O)N/N=C(C)/C=C/c1ccccc1. The van der Waals surface area contributed by atoms with Gasteiger partial charge in [-0.2, -0.15) is 5.10 Å². The number of hydrogen-bond donors (Lipinski definition) is 2. The van der Waals surface area contributed by atoms with Crippen LogP contribution in [-0.4, -0.2) is 24.8 Å². The molecule has 2 aromatic carbocycles. The zero-order chi connectivity index (χ0) is 18.8. The normalized spacial score (nSPS) is 12.7. The maximum Gasteiger partial charge on any atom is 0.262 e. The fourth-order valence-corrected chi connectivity index (χ4v) is 2.28. The molecule has 0 fully saturated rings. The number of hydrazone groups is 1. The van der Waals surface area contributed by atoms with E-state index in [1.165, 1.54) is 0 Å². The van der Waals surface area contributed by atoms with E-state index in [2.05, 4.69) is 15.8 Å². The van der Waals surface area contributed by atoms with Gasteiger partial charge >= 0.3 is 0 Å². The first kappa shape index (κ1) is 19.2. The second-order valence-electron chi connectivity index (χ2n) is 5.81. The Balaban J connectivity index is 1.91. The van der Waals surface area contributed by atoms with Crippen molar-refractivity contribution in [1.82, 2.24) is 5.43 Å². The molecule has 0 aliphatic rings. The first-order chi connectivity index (χ1) is 12.6. The molecule has 5 nitrogen and oxygen atoms in total. The van der Waals surface area contributed by atoms with Crippen LogP contribution < -0.4 is 15.5 Å². The average molecular weight is 351 g/mol. The van der Waals surface area contributed by atoms with Crippen molar-refractivity contribution >= 4 is 23.4 Å². The molecule has 26 heavy (non-hydrogen) atoms. The van der Waals surface area contributed by atoms with Gasteiger partial charge in [-0.05, 0) is 49.2 Å². The monoisotopic (exact) mass is 351 g/mol. The number of ether oxygens (including phenoxy) is 1. The second kappa shape index (κ2) is 10.0. The van der Waals surface area contributed by atoms with Crippen molar-refractivity contribution in [3.8, 4) is 5.75 Å². The minimum Gasteiger partial charge on any atom is -0.497 e. The van der Waals surface area contributed by atoms with Crippen molar-refractivity contribution in [2.45, 2.75) is 26.3 Å². The second-order valence-corrected chi connectivity index (χ2v) is 5.81. The van der Waals surface area contributed by atoms with E-state index in [9.17, 15) is 4.79 Å². The lowest BCUT2D eigenvalue weighted by Crippen LogP contribution is -2.37. The van der Waals surface area contributed by atoms with Crippen LogP contribution >= 0.6 is 0 Å². The summed E-state index contributed by atoms with van der Waals surface area (Å²) in [6, 6.07) is 17.0. The van der Waals surface area contributed by atoms with Gasteiger partial charge in [-0.1, -0.05) is 43.3 Å². The zero-order valence-electron chi connectivity index (χ0n) is 15.4. The zero-order valence-corrected chi connectivity index (χ0v) is 15.4. The molecule has 0 aliphatic heterocycles. The Bertz CT molecular complexity index is 753. The van der Waals surface area contributed by atoms with Gasteiger partial charge in [-0.25, -0.2) is 5.43 Å². The van der Waals surface area contributed by atoms with E-state index in [1.807, 2.05) is 80.6 Å². The van der Waals surface area contributed by atoms with Crippen molar-refractivity contribution in [2.75, 3.05) is 12.4 Å². The Hall–Kier alpha value is -3.08. The largest absolute Gasteiger partial charge is 0.497 e. The van der Waals surface area contributed by atoms with Gasteiger partial charge in [0.15, 0.2) is 0 Å². The smallest absolute Gasteiger partial charge is 0.262 e. The van der Waals surface area contributed by atoms with Gasteiger partial charge in [-0.15, -0.1) is 0 Å². The Kier molecular flexibility index (Phi) is 7.43. The van der Waals surface area contributed by atoms with Crippen LogP contribution in [-0.2, 0) is 4.79 Å². The van der Waals surface area contributed by atoms with E-state index in [0.717, 1.165) is 22.7 Å². The van der Waals surface area contributed by atoms with Crippen molar-refractivity contribution in [3.05, 3.63) is 66.2 Å². The molecular weight excluding hydrogens is 326 g/mol. The minimum absolute atomic E-state index is 0.171. The summed E-state index contributed by atoms with van der Waals surface area (Å²) in [4.78, 5) is 12.4. The fraction of sp³-hybridized carbons (Fsp3) is 0.238. The topological polar surface area (TPSA) is 62.7 Å². The number of carbonyl (C=O) groups excluding carboxylic acids is 1. The number of methoxy groups -OCH3 is 1. The Morgan fingerprint density at radius 2 is 1.85 bits per heavy atom. The molecule has 0 radical (unpaired) electrons. The van der Waals surface area contributed by atoms with Gasteiger partial charge in [-0.3, -0.25) is 4.79 Å². The summed E-state index contributed by atoms with van der Waals surface area (Å²) < 4.78 is 5.14. The molecule has 0 heterocycles. The van der Waals surface area contributed by atoms with E-state index in [-0.39, 0.29) is 11.9 Å². The Morgan fingerprint density at radius 3 is 2.46 bits per heavy atom. The van der Waals surface area contributed by atoms with E-state index in [0.29, 0.717) is 6.42 Å². The third-order valence-corrected chi connectivity index (χ3v) is 3.81. The van der Waals surface area contributed by atoms with Crippen LogP contribution in [0, 0.1) is 0 Å². The summed E-state index contributed by atoms with van der Waals surface area (Å²) in [6.07, 6.45) is 4.47. The lowest BCUT2D eigenvalue weighted by Gasteiger charge is -2.16. The molecule has 1 unspecified atom stereocenters. The number of nitrogens with one attached hydrogen (secondary N) is 2. The molecule has 0 spiro atoms. The molecule has 1 atom stereocenters. The molecule has 0 aliphatic carbocycles. The van der Waals surface area contributed by atoms with Crippen molar-refractivity contribution < 1.29 is 9.53 Å². The number of carbonyl (C=O) groups is 1. The Morgan fingerprint density at radius 1 is 1.15 bits per heavy atom. The summed E-state index contributed by atoms with van der Waals surface area (Å²) >= 11 is 0. The lowest BCUT2D eigenvalue weighted by molar-refractivity contribution is -0.121. The average Bonchev–Trinajstić information content (AvgIpc) is 2.69. The van der Waals surface area contributed by atoms with Crippen molar-refractivity contribution in [2.24, 2.45) is 5.10 Å². The molecule has 0 saturated heterocycles. The predicted octanol–water partition coefficient (Wildman–Crippen LogP) is 4.09. The number of rotatable bonds is 8.